The number of carbonyl (C=O) groups excluding carboxylic acids is 1. The SMILES string of the molecule is Cc1cc(C)cc(NC(=O)Nc2cnn(Cc3c(F)cccc3Cl)c2)c1. The van der Waals surface area contributed by atoms with Gasteiger partial charge in [0.25, 0.3) is 0 Å². The highest BCUT2D eigenvalue weighted by Gasteiger charge is 2.10. The van der Waals surface area contributed by atoms with E-state index in [0.717, 1.165) is 11.1 Å². The molecule has 0 aliphatic rings. The molecule has 0 radical (unpaired) electrons. The number of aromatic nitrogens is 2. The highest BCUT2D eigenvalue weighted by atomic mass is 35.5. The minimum absolute atomic E-state index is 0.173. The number of halogens is 2. The summed E-state index contributed by atoms with van der Waals surface area (Å²) in [6, 6.07) is 9.95. The molecule has 3 rings (SSSR count). The fraction of sp³-hybridized carbons (Fsp3) is 0.158. The van der Waals surface area contributed by atoms with Gasteiger partial charge in [0.15, 0.2) is 0 Å². The average Bonchev–Trinajstić information content (AvgIpc) is 2.97. The number of benzene rings is 2. The maximum absolute atomic E-state index is 13.9. The molecule has 0 bridgehead atoms. The van der Waals surface area contributed by atoms with Crippen molar-refractivity contribution in [3.05, 3.63) is 76.3 Å². The topological polar surface area (TPSA) is 59.0 Å². The first-order valence-electron chi connectivity index (χ1n) is 8.02. The second kappa shape index (κ2) is 7.58. The molecule has 134 valence electrons. The standard InChI is InChI=1S/C19H18ClFN4O/c1-12-6-13(2)8-14(7-12)23-19(26)24-15-9-22-25(10-15)11-16-17(20)4-3-5-18(16)21/h3-10H,11H2,1-2H3,(H2,23,24,26). The van der Waals surface area contributed by atoms with Crippen molar-refractivity contribution in [2.24, 2.45) is 0 Å². The molecule has 0 unspecified atom stereocenters. The minimum atomic E-state index is -0.393. The van der Waals surface area contributed by atoms with Crippen molar-refractivity contribution in [2.75, 3.05) is 10.6 Å². The summed E-state index contributed by atoms with van der Waals surface area (Å²) in [5.74, 6) is -0.393. The molecular weight excluding hydrogens is 355 g/mol. The lowest BCUT2D eigenvalue weighted by molar-refractivity contribution is 0.262. The normalized spacial score (nSPS) is 10.6. The van der Waals surface area contributed by atoms with Crippen LogP contribution >= 0.6 is 11.6 Å². The lowest BCUT2D eigenvalue weighted by Crippen LogP contribution is -2.19. The third-order valence-corrected chi connectivity index (χ3v) is 4.11. The molecule has 1 heterocycles. The molecule has 0 fully saturated rings. The summed E-state index contributed by atoms with van der Waals surface area (Å²) in [6.07, 6.45) is 3.11. The van der Waals surface area contributed by atoms with E-state index in [1.54, 1.807) is 18.3 Å². The largest absolute Gasteiger partial charge is 0.323 e. The lowest BCUT2D eigenvalue weighted by atomic mass is 10.1. The maximum atomic E-state index is 13.9. The second-order valence-corrected chi connectivity index (χ2v) is 6.49. The molecule has 26 heavy (non-hydrogen) atoms. The Morgan fingerprint density at radius 1 is 1.15 bits per heavy atom. The monoisotopic (exact) mass is 372 g/mol. The summed E-state index contributed by atoms with van der Waals surface area (Å²) in [7, 11) is 0. The number of nitrogens with one attached hydrogen (secondary N) is 2. The first-order valence-corrected chi connectivity index (χ1v) is 8.40. The van der Waals surface area contributed by atoms with Gasteiger partial charge in [0, 0.05) is 22.5 Å². The third kappa shape index (κ3) is 4.40. The van der Waals surface area contributed by atoms with Gasteiger partial charge in [-0.05, 0) is 49.2 Å². The van der Waals surface area contributed by atoms with E-state index in [0.29, 0.717) is 22.0 Å². The zero-order valence-electron chi connectivity index (χ0n) is 14.4. The van der Waals surface area contributed by atoms with Gasteiger partial charge in [0.1, 0.15) is 5.82 Å². The summed E-state index contributed by atoms with van der Waals surface area (Å²) < 4.78 is 15.4. The first-order chi connectivity index (χ1) is 12.4. The Morgan fingerprint density at radius 2 is 1.85 bits per heavy atom. The fourth-order valence-electron chi connectivity index (χ4n) is 2.70. The fourth-order valence-corrected chi connectivity index (χ4v) is 2.92. The number of carbonyl (C=O) groups is 1. The molecule has 0 atom stereocenters. The van der Waals surface area contributed by atoms with Crippen molar-refractivity contribution in [3.8, 4) is 0 Å². The lowest BCUT2D eigenvalue weighted by Gasteiger charge is -2.08. The Kier molecular flexibility index (Phi) is 5.23. The first kappa shape index (κ1) is 17.9. The number of hydrogen-bond acceptors (Lipinski definition) is 2. The van der Waals surface area contributed by atoms with Gasteiger partial charge in [-0.15, -0.1) is 0 Å². The third-order valence-electron chi connectivity index (χ3n) is 3.75. The van der Waals surface area contributed by atoms with E-state index in [9.17, 15) is 9.18 Å². The van der Waals surface area contributed by atoms with Crippen LogP contribution in [0.5, 0.6) is 0 Å². The van der Waals surface area contributed by atoms with E-state index in [1.165, 1.54) is 16.9 Å². The molecule has 5 nitrogen and oxygen atoms in total. The van der Waals surface area contributed by atoms with Crippen molar-refractivity contribution in [2.45, 2.75) is 20.4 Å². The molecule has 3 aromatic rings. The Hall–Kier alpha value is -2.86. The zero-order chi connectivity index (χ0) is 18.7. The Bertz CT molecular complexity index is 914. The number of anilines is 2. The predicted molar refractivity (Wildman–Crippen MR) is 101 cm³/mol. The number of amides is 2. The van der Waals surface area contributed by atoms with Crippen molar-refractivity contribution in [3.63, 3.8) is 0 Å². The maximum Gasteiger partial charge on any atom is 0.323 e. The summed E-state index contributed by atoms with van der Waals surface area (Å²) in [5, 5.41) is 9.95. The van der Waals surface area contributed by atoms with Crippen LogP contribution in [-0.4, -0.2) is 15.8 Å². The molecule has 2 amide bonds. The van der Waals surface area contributed by atoms with Crippen LogP contribution in [-0.2, 0) is 6.54 Å². The summed E-state index contributed by atoms with van der Waals surface area (Å²) in [4.78, 5) is 12.1. The number of rotatable bonds is 4. The highest BCUT2D eigenvalue weighted by molar-refractivity contribution is 6.31. The molecule has 0 saturated carbocycles. The van der Waals surface area contributed by atoms with Crippen LogP contribution < -0.4 is 10.6 Å². The van der Waals surface area contributed by atoms with Crippen molar-refractivity contribution in [1.82, 2.24) is 9.78 Å². The van der Waals surface area contributed by atoms with Crippen LogP contribution in [0.1, 0.15) is 16.7 Å². The van der Waals surface area contributed by atoms with Gasteiger partial charge in [-0.3, -0.25) is 4.68 Å². The van der Waals surface area contributed by atoms with E-state index in [2.05, 4.69) is 15.7 Å². The van der Waals surface area contributed by atoms with E-state index in [4.69, 9.17) is 11.6 Å². The molecular formula is C19H18ClFN4O. The molecule has 0 aliphatic heterocycles. The van der Waals surface area contributed by atoms with Crippen molar-refractivity contribution >= 4 is 29.0 Å². The van der Waals surface area contributed by atoms with Crippen LogP contribution in [0.15, 0.2) is 48.8 Å². The van der Waals surface area contributed by atoms with Gasteiger partial charge >= 0.3 is 6.03 Å². The molecule has 1 aromatic heterocycles. The smallest absolute Gasteiger partial charge is 0.308 e. The number of hydrogen-bond donors (Lipinski definition) is 2. The predicted octanol–water partition coefficient (Wildman–Crippen LogP) is 4.98. The molecule has 2 N–H and O–H groups in total. The molecule has 0 saturated heterocycles. The van der Waals surface area contributed by atoms with Gasteiger partial charge in [0.05, 0.1) is 18.4 Å². The van der Waals surface area contributed by atoms with E-state index in [-0.39, 0.29) is 12.6 Å². The zero-order valence-corrected chi connectivity index (χ0v) is 15.1. The molecule has 0 aliphatic carbocycles. The van der Waals surface area contributed by atoms with Crippen LogP contribution in [0.2, 0.25) is 5.02 Å². The quantitative estimate of drug-likeness (QED) is 0.678. The van der Waals surface area contributed by atoms with Gasteiger partial charge in [-0.2, -0.15) is 5.10 Å². The number of nitrogens with zero attached hydrogens (tertiary/aromatic N) is 2. The summed E-state index contributed by atoms with van der Waals surface area (Å²) in [6.45, 7) is 4.10. The minimum Gasteiger partial charge on any atom is -0.308 e. The van der Waals surface area contributed by atoms with Crippen LogP contribution in [0.4, 0.5) is 20.6 Å². The summed E-state index contributed by atoms with van der Waals surface area (Å²) in [5.41, 5.74) is 3.69. The van der Waals surface area contributed by atoms with Gasteiger partial charge < -0.3 is 10.6 Å². The summed E-state index contributed by atoms with van der Waals surface area (Å²) >= 11 is 6.03. The Morgan fingerprint density at radius 3 is 2.54 bits per heavy atom. The van der Waals surface area contributed by atoms with Crippen LogP contribution in [0.25, 0.3) is 0 Å². The second-order valence-electron chi connectivity index (χ2n) is 6.08. The number of urea groups is 1. The highest BCUT2D eigenvalue weighted by Crippen LogP contribution is 2.20. The van der Waals surface area contributed by atoms with Crippen molar-refractivity contribution < 1.29 is 9.18 Å². The van der Waals surface area contributed by atoms with Gasteiger partial charge in [-0.1, -0.05) is 23.7 Å². The van der Waals surface area contributed by atoms with E-state index in [1.807, 2.05) is 32.0 Å². The van der Waals surface area contributed by atoms with E-state index < -0.39 is 5.82 Å². The molecule has 2 aromatic carbocycles. The van der Waals surface area contributed by atoms with Gasteiger partial charge in [0.2, 0.25) is 0 Å². The average molecular weight is 373 g/mol. The van der Waals surface area contributed by atoms with E-state index >= 15 is 0 Å². The van der Waals surface area contributed by atoms with Crippen LogP contribution in [0, 0.1) is 19.7 Å². The Labute approximate surface area is 155 Å². The molecule has 7 heteroatoms. The number of aryl methyl sites for hydroxylation is 2. The van der Waals surface area contributed by atoms with Crippen LogP contribution in [0.3, 0.4) is 0 Å². The van der Waals surface area contributed by atoms with Gasteiger partial charge in [-0.25, -0.2) is 9.18 Å². The molecule has 0 spiro atoms. The van der Waals surface area contributed by atoms with Crippen molar-refractivity contribution in [1.29, 1.82) is 0 Å². The Balaban J connectivity index is 1.65.